The number of thiazole rings is 1. The van der Waals surface area contributed by atoms with Crippen LogP contribution >= 0.6 is 11.3 Å². The minimum Gasteiger partial charge on any atom is -0.341 e. The summed E-state index contributed by atoms with van der Waals surface area (Å²) < 4.78 is 2.32. The molecule has 0 unspecified atom stereocenters. The SMILES string of the molecule is Cc1nc(Cn2cc(CCCCN)c3ccccc32)cs1. The van der Waals surface area contributed by atoms with Gasteiger partial charge in [-0.05, 0) is 44.4 Å². The number of nitrogens with zero attached hydrogens (tertiary/aromatic N) is 2. The van der Waals surface area contributed by atoms with Crippen LogP contribution in [0.15, 0.2) is 35.8 Å². The topological polar surface area (TPSA) is 43.8 Å². The Kier molecular flexibility index (Phi) is 4.36. The van der Waals surface area contributed by atoms with Crippen molar-refractivity contribution >= 4 is 22.2 Å². The molecule has 0 spiro atoms. The van der Waals surface area contributed by atoms with Crippen LogP contribution in [0.1, 0.15) is 29.1 Å². The second kappa shape index (κ2) is 6.41. The quantitative estimate of drug-likeness (QED) is 0.705. The first-order valence-corrected chi connectivity index (χ1v) is 8.33. The van der Waals surface area contributed by atoms with Crippen molar-refractivity contribution in [3.63, 3.8) is 0 Å². The molecule has 0 saturated heterocycles. The summed E-state index contributed by atoms with van der Waals surface area (Å²) in [5.41, 5.74) is 9.47. The Hall–Kier alpha value is -1.65. The van der Waals surface area contributed by atoms with Gasteiger partial charge in [-0.25, -0.2) is 4.98 Å². The first-order valence-electron chi connectivity index (χ1n) is 7.46. The minimum atomic E-state index is 0.775. The maximum absolute atomic E-state index is 5.60. The number of aromatic nitrogens is 2. The number of hydrogen-bond donors (Lipinski definition) is 1. The van der Waals surface area contributed by atoms with E-state index in [1.165, 1.54) is 16.5 Å². The predicted octanol–water partition coefficient (Wildman–Crippen LogP) is 3.74. The van der Waals surface area contributed by atoms with Gasteiger partial charge in [-0.2, -0.15) is 0 Å². The molecule has 0 aliphatic rings. The lowest BCUT2D eigenvalue weighted by atomic mass is 10.1. The van der Waals surface area contributed by atoms with Gasteiger partial charge in [0.1, 0.15) is 0 Å². The molecule has 2 aromatic heterocycles. The lowest BCUT2D eigenvalue weighted by Crippen LogP contribution is -1.99. The molecule has 3 rings (SSSR count). The molecule has 0 amide bonds. The first-order chi connectivity index (χ1) is 10.3. The summed E-state index contributed by atoms with van der Waals surface area (Å²) in [6, 6.07) is 8.64. The molecular weight excluding hydrogens is 278 g/mol. The van der Waals surface area contributed by atoms with Crippen LogP contribution in [-0.2, 0) is 13.0 Å². The Morgan fingerprint density at radius 1 is 1.24 bits per heavy atom. The van der Waals surface area contributed by atoms with Crippen molar-refractivity contribution in [2.24, 2.45) is 5.73 Å². The molecule has 110 valence electrons. The molecule has 3 nitrogen and oxygen atoms in total. The highest BCUT2D eigenvalue weighted by atomic mass is 32.1. The van der Waals surface area contributed by atoms with Crippen molar-refractivity contribution in [2.45, 2.75) is 32.7 Å². The van der Waals surface area contributed by atoms with Gasteiger partial charge >= 0.3 is 0 Å². The van der Waals surface area contributed by atoms with E-state index in [0.717, 1.165) is 43.1 Å². The maximum atomic E-state index is 5.60. The molecule has 1 aromatic carbocycles. The molecule has 0 saturated carbocycles. The Balaban J connectivity index is 1.90. The highest BCUT2D eigenvalue weighted by molar-refractivity contribution is 7.09. The van der Waals surface area contributed by atoms with Gasteiger partial charge in [-0.3, -0.25) is 0 Å². The standard InChI is InChI=1S/C17H21N3S/c1-13-19-15(12-21-13)11-20-10-14(6-4-5-9-18)16-7-2-3-8-17(16)20/h2-3,7-8,10,12H,4-6,9,11,18H2,1H3. The fraction of sp³-hybridized carbons (Fsp3) is 0.353. The van der Waals surface area contributed by atoms with Crippen LogP contribution in [0.25, 0.3) is 10.9 Å². The van der Waals surface area contributed by atoms with Gasteiger partial charge in [0.25, 0.3) is 0 Å². The number of benzene rings is 1. The smallest absolute Gasteiger partial charge is 0.0898 e. The van der Waals surface area contributed by atoms with Gasteiger partial charge in [0, 0.05) is 22.5 Å². The zero-order valence-electron chi connectivity index (χ0n) is 12.4. The maximum Gasteiger partial charge on any atom is 0.0898 e. The van der Waals surface area contributed by atoms with E-state index in [-0.39, 0.29) is 0 Å². The number of unbranched alkanes of at least 4 members (excludes halogenated alkanes) is 1. The molecule has 0 radical (unpaired) electrons. The van der Waals surface area contributed by atoms with Gasteiger partial charge < -0.3 is 10.3 Å². The van der Waals surface area contributed by atoms with E-state index in [0.29, 0.717) is 0 Å². The predicted molar refractivity (Wildman–Crippen MR) is 89.9 cm³/mol. The van der Waals surface area contributed by atoms with Crippen LogP contribution < -0.4 is 5.73 Å². The number of nitrogens with two attached hydrogens (primary N) is 1. The van der Waals surface area contributed by atoms with Crippen LogP contribution in [0.4, 0.5) is 0 Å². The molecule has 4 heteroatoms. The normalized spacial score (nSPS) is 11.3. The first kappa shape index (κ1) is 14.3. The van der Waals surface area contributed by atoms with Crippen LogP contribution in [0, 0.1) is 6.92 Å². The van der Waals surface area contributed by atoms with E-state index in [1.807, 2.05) is 0 Å². The summed E-state index contributed by atoms with van der Waals surface area (Å²) in [6.45, 7) is 3.68. The summed E-state index contributed by atoms with van der Waals surface area (Å²) in [6.07, 6.45) is 5.63. The Bertz CT molecular complexity index is 727. The van der Waals surface area contributed by atoms with Crippen molar-refractivity contribution < 1.29 is 0 Å². The van der Waals surface area contributed by atoms with E-state index in [2.05, 4.69) is 52.3 Å². The van der Waals surface area contributed by atoms with Gasteiger partial charge in [0.05, 0.1) is 17.2 Å². The molecule has 0 aliphatic heterocycles. The summed E-state index contributed by atoms with van der Waals surface area (Å²) in [7, 11) is 0. The van der Waals surface area contributed by atoms with Crippen LogP contribution in [0.2, 0.25) is 0 Å². The molecule has 21 heavy (non-hydrogen) atoms. The average Bonchev–Trinajstić information content (AvgIpc) is 3.05. The second-order valence-electron chi connectivity index (χ2n) is 5.40. The summed E-state index contributed by atoms with van der Waals surface area (Å²) in [4.78, 5) is 4.58. The highest BCUT2D eigenvalue weighted by Gasteiger charge is 2.09. The van der Waals surface area contributed by atoms with Crippen molar-refractivity contribution in [3.8, 4) is 0 Å². The summed E-state index contributed by atoms with van der Waals surface area (Å²) in [5, 5.41) is 4.64. The highest BCUT2D eigenvalue weighted by Crippen LogP contribution is 2.24. The molecular formula is C17H21N3S. The van der Waals surface area contributed by atoms with Gasteiger partial charge in [0.2, 0.25) is 0 Å². The minimum absolute atomic E-state index is 0.775. The molecule has 0 fully saturated rings. The molecule has 3 aromatic rings. The third-order valence-corrected chi connectivity index (χ3v) is 4.59. The second-order valence-corrected chi connectivity index (χ2v) is 6.47. The number of para-hydroxylation sites is 1. The third-order valence-electron chi connectivity index (χ3n) is 3.77. The van der Waals surface area contributed by atoms with E-state index in [4.69, 9.17) is 5.73 Å². The van der Waals surface area contributed by atoms with Crippen molar-refractivity contribution in [3.05, 3.63) is 52.1 Å². The van der Waals surface area contributed by atoms with E-state index in [9.17, 15) is 0 Å². The van der Waals surface area contributed by atoms with Crippen molar-refractivity contribution in [1.29, 1.82) is 0 Å². The number of rotatable bonds is 6. The van der Waals surface area contributed by atoms with E-state index < -0.39 is 0 Å². The Labute approximate surface area is 129 Å². The van der Waals surface area contributed by atoms with E-state index >= 15 is 0 Å². The van der Waals surface area contributed by atoms with Crippen molar-refractivity contribution in [2.75, 3.05) is 6.54 Å². The molecule has 0 bridgehead atoms. The van der Waals surface area contributed by atoms with Crippen LogP contribution in [-0.4, -0.2) is 16.1 Å². The molecule has 0 atom stereocenters. The fourth-order valence-electron chi connectivity index (χ4n) is 2.77. The zero-order chi connectivity index (χ0) is 14.7. The Morgan fingerprint density at radius 2 is 2.10 bits per heavy atom. The number of fused-ring (bicyclic) bond motifs is 1. The summed E-state index contributed by atoms with van der Waals surface area (Å²) in [5.74, 6) is 0. The average molecular weight is 299 g/mol. The zero-order valence-corrected chi connectivity index (χ0v) is 13.2. The molecule has 0 aliphatic carbocycles. The Morgan fingerprint density at radius 3 is 2.86 bits per heavy atom. The van der Waals surface area contributed by atoms with Gasteiger partial charge in [0.15, 0.2) is 0 Å². The molecule has 2 N–H and O–H groups in total. The molecule has 2 heterocycles. The lowest BCUT2D eigenvalue weighted by molar-refractivity contribution is 0.740. The van der Waals surface area contributed by atoms with Gasteiger partial charge in [-0.15, -0.1) is 11.3 Å². The van der Waals surface area contributed by atoms with E-state index in [1.54, 1.807) is 11.3 Å². The van der Waals surface area contributed by atoms with Crippen LogP contribution in [0.3, 0.4) is 0 Å². The van der Waals surface area contributed by atoms with Gasteiger partial charge in [-0.1, -0.05) is 18.2 Å². The largest absolute Gasteiger partial charge is 0.341 e. The van der Waals surface area contributed by atoms with Crippen LogP contribution in [0.5, 0.6) is 0 Å². The van der Waals surface area contributed by atoms with Crippen molar-refractivity contribution in [1.82, 2.24) is 9.55 Å². The lowest BCUT2D eigenvalue weighted by Gasteiger charge is -2.02. The number of aryl methyl sites for hydroxylation is 2. The number of hydrogen-bond acceptors (Lipinski definition) is 3. The third kappa shape index (κ3) is 3.17. The summed E-state index contributed by atoms with van der Waals surface area (Å²) >= 11 is 1.71. The fourth-order valence-corrected chi connectivity index (χ4v) is 3.37. The monoisotopic (exact) mass is 299 g/mol.